The Labute approximate surface area is 204 Å². The van der Waals surface area contributed by atoms with Crippen LogP contribution in [0.4, 0.5) is 0 Å². The van der Waals surface area contributed by atoms with E-state index in [1.54, 1.807) is 0 Å². The lowest BCUT2D eigenvalue weighted by Crippen LogP contribution is -2.56. The molecule has 7 rings (SSSR count). The average Bonchev–Trinajstić information content (AvgIpc) is 3.23. The van der Waals surface area contributed by atoms with Gasteiger partial charge in [-0.05, 0) is 106 Å². The van der Waals surface area contributed by atoms with Gasteiger partial charge in [-0.15, -0.1) is 0 Å². The van der Waals surface area contributed by atoms with Crippen LogP contribution in [0.3, 0.4) is 0 Å². The monoisotopic (exact) mass is 467 g/mol. The van der Waals surface area contributed by atoms with Crippen LogP contribution < -0.4 is 0 Å². The first kappa shape index (κ1) is 21.6. The van der Waals surface area contributed by atoms with Gasteiger partial charge in [0.25, 0.3) is 0 Å². The molecule has 0 radical (unpaired) electrons. The van der Waals surface area contributed by atoms with Crippen LogP contribution in [0, 0.1) is 22.7 Å². The Bertz CT molecular complexity index is 922. The van der Waals surface area contributed by atoms with Crippen LogP contribution in [0.15, 0.2) is 34.7 Å². The predicted molar refractivity (Wildman–Crippen MR) is 135 cm³/mol. The minimum Gasteiger partial charge on any atom is -0.472 e. The van der Waals surface area contributed by atoms with E-state index in [4.69, 9.17) is 9.15 Å². The van der Waals surface area contributed by atoms with E-state index in [1.807, 2.05) is 18.1 Å². The van der Waals surface area contributed by atoms with Crippen LogP contribution in [-0.2, 0) is 4.74 Å². The Morgan fingerprint density at radius 2 is 1.97 bits per heavy atom. The summed E-state index contributed by atoms with van der Waals surface area (Å²) >= 11 is 2.24. The molecular weight excluding hydrogens is 426 g/mol. The zero-order valence-electron chi connectivity index (χ0n) is 20.6. The van der Waals surface area contributed by atoms with Gasteiger partial charge in [-0.25, -0.2) is 0 Å². The molecule has 180 valence electrons. The van der Waals surface area contributed by atoms with Crippen molar-refractivity contribution in [3.8, 4) is 0 Å². The summed E-state index contributed by atoms with van der Waals surface area (Å²) in [6.45, 7) is 9.16. The van der Waals surface area contributed by atoms with Gasteiger partial charge in [0.05, 0.1) is 18.6 Å². The number of thioether (sulfide) groups is 1. The van der Waals surface area contributed by atoms with Crippen molar-refractivity contribution in [2.45, 2.75) is 94.5 Å². The Morgan fingerprint density at radius 1 is 1.09 bits per heavy atom. The molecule has 33 heavy (non-hydrogen) atoms. The number of ether oxygens (including phenoxy) is 1. The summed E-state index contributed by atoms with van der Waals surface area (Å²) in [4.78, 5) is 2.67. The molecule has 0 N–H and O–H groups in total. The number of hydrogen-bond acceptors (Lipinski definition) is 4. The smallest absolute Gasteiger partial charge is 0.104 e. The van der Waals surface area contributed by atoms with E-state index in [1.165, 1.54) is 88.7 Å². The van der Waals surface area contributed by atoms with E-state index in [2.05, 4.69) is 42.7 Å². The maximum atomic E-state index is 6.73. The van der Waals surface area contributed by atoms with Gasteiger partial charge in [0, 0.05) is 23.0 Å². The predicted octanol–water partition coefficient (Wildman–Crippen LogP) is 6.65. The minimum absolute atomic E-state index is 0.147. The molecule has 6 aliphatic rings. The fraction of sp³-hybridized carbons (Fsp3) is 0.793. The molecule has 5 fully saturated rings. The number of likely N-dealkylation sites (tertiary alicyclic amines) is 1. The summed E-state index contributed by atoms with van der Waals surface area (Å²) in [7, 11) is 0. The molecular formula is C29H41NO2S. The summed E-state index contributed by atoms with van der Waals surface area (Å²) < 4.78 is 12.2. The highest BCUT2D eigenvalue weighted by atomic mass is 32.2. The summed E-state index contributed by atoms with van der Waals surface area (Å²) in [6.07, 6.45) is 19.3. The number of furan rings is 1. The van der Waals surface area contributed by atoms with Crippen LogP contribution in [0.1, 0.15) is 83.1 Å². The van der Waals surface area contributed by atoms with E-state index < -0.39 is 0 Å². The number of hydrogen-bond donors (Lipinski definition) is 0. The van der Waals surface area contributed by atoms with Crippen molar-refractivity contribution >= 4 is 11.8 Å². The highest BCUT2D eigenvalue weighted by Crippen LogP contribution is 2.77. The van der Waals surface area contributed by atoms with Crippen molar-refractivity contribution in [2.75, 3.05) is 25.4 Å². The Balaban J connectivity index is 1.08. The van der Waals surface area contributed by atoms with Crippen molar-refractivity contribution in [3.63, 3.8) is 0 Å². The summed E-state index contributed by atoms with van der Waals surface area (Å²) in [6, 6.07) is 2.21. The van der Waals surface area contributed by atoms with Gasteiger partial charge in [0.2, 0.25) is 0 Å². The second-order valence-electron chi connectivity index (χ2n) is 12.6. The topological polar surface area (TPSA) is 28.9 Å². The lowest BCUT2D eigenvalue weighted by Gasteiger charge is -2.58. The van der Waals surface area contributed by atoms with Gasteiger partial charge in [-0.1, -0.05) is 25.5 Å². The van der Waals surface area contributed by atoms with Crippen molar-refractivity contribution in [1.82, 2.24) is 4.90 Å². The molecule has 3 heterocycles. The Hall–Kier alpha value is -0.710. The lowest BCUT2D eigenvalue weighted by atomic mass is 9.46. The molecule has 1 aromatic rings. The van der Waals surface area contributed by atoms with Crippen LogP contribution in [0.25, 0.3) is 0 Å². The fourth-order valence-electron chi connectivity index (χ4n) is 9.58. The van der Waals surface area contributed by atoms with Crippen molar-refractivity contribution in [3.05, 3.63) is 35.8 Å². The van der Waals surface area contributed by atoms with E-state index in [0.717, 1.165) is 17.1 Å². The molecule has 2 saturated heterocycles. The second kappa shape index (κ2) is 7.64. The second-order valence-corrected chi connectivity index (χ2v) is 13.9. The number of fused-ring (bicyclic) bond motifs is 3. The van der Waals surface area contributed by atoms with Gasteiger partial charge < -0.3 is 14.1 Å². The van der Waals surface area contributed by atoms with Gasteiger partial charge in [-0.3, -0.25) is 0 Å². The quantitative estimate of drug-likeness (QED) is 0.358. The molecule has 4 aliphatic carbocycles. The molecule has 1 aromatic heterocycles. The normalized spacial score (nSPS) is 48.5. The minimum atomic E-state index is 0.147. The first-order chi connectivity index (χ1) is 16.0. The molecule has 0 amide bonds. The van der Waals surface area contributed by atoms with Gasteiger partial charge in [-0.2, -0.15) is 11.8 Å². The molecule has 0 bridgehead atoms. The van der Waals surface area contributed by atoms with Gasteiger partial charge in [0.1, 0.15) is 5.60 Å². The number of rotatable bonds is 5. The summed E-state index contributed by atoms with van der Waals surface area (Å²) in [5.41, 5.74) is 4.07. The molecule has 0 aromatic carbocycles. The molecule has 4 heteroatoms. The molecule has 1 spiro atoms. The van der Waals surface area contributed by atoms with Crippen molar-refractivity contribution in [2.24, 2.45) is 22.7 Å². The van der Waals surface area contributed by atoms with Crippen molar-refractivity contribution in [1.29, 1.82) is 0 Å². The number of epoxide rings is 1. The first-order valence-electron chi connectivity index (χ1n) is 13.8. The van der Waals surface area contributed by atoms with E-state index in [-0.39, 0.29) is 11.0 Å². The Morgan fingerprint density at radius 3 is 2.79 bits per heavy atom. The highest BCUT2D eigenvalue weighted by Gasteiger charge is 2.80. The zero-order chi connectivity index (χ0) is 22.3. The Kier molecular flexibility index (Phi) is 4.99. The largest absolute Gasteiger partial charge is 0.472 e. The van der Waals surface area contributed by atoms with Gasteiger partial charge in [0.15, 0.2) is 0 Å². The molecule has 3 nitrogen and oxygen atoms in total. The van der Waals surface area contributed by atoms with E-state index >= 15 is 0 Å². The zero-order valence-corrected chi connectivity index (χ0v) is 21.4. The van der Waals surface area contributed by atoms with Crippen LogP contribution in [-0.4, -0.2) is 47.2 Å². The third-order valence-corrected chi connectivity index (χ3v) is 12.6. The maximum absolute atomic E-state index is 6.73. The first-order valence-corrected chi connectivity index (χ1v) is 14.8. The summed E-state index contributed by atoms with van der Waals surface area (Å²) in [5.74, 6) is 3.49. The third-order valence-electron chi connectivity index (χ3n) is 11.4. The fourth-order valence-corrected chi connectivity index (χ4v) is 10.8. The van der Waals surface area contributed by atoms with Crippen LogP contribution in [0.2, 0.25) is 0 Å². The van der Waals surface area contributed by atoms with E-state index in [9.17, 15) is 0 Å². The lowest BCUT2D eigenvalue weighted by molar-refractivity contribution is -0.0792. The van der Waals surface area contributed by atoms with Gasteiger partial charge >= 0.3 is 0 Å². The van der Waals surface area contributed by atoms with E-state index in [0.29, 0.717) is 17.4 Å². The SMILES string of the molecule is C[C@]12CCC(SCCN3CCCC3)C=C1CC[C@@H]1[C@H]2CC[C@]2(C)C(c3ccoc3)CC3O[C@]312. The number of allylic oxidation sites excluding steroid dienone is 1. The third kappa shape index (κ3) is 3.02. The van der Waals surface area contributed by atoms with Crippen LogP contribution in [0.5, 0.6) is 0 Å². The molecule has 3 unspecified atom stereocenters. The van der Waals surface area contributed by atoms with Crippen molar-refractivity contribution < 1.29 is 9.15 Å². The average molecular weight is 468 g/mol. The molecule has 3 saturated carbocycles. The maximum Gasteiger partial charge on any atom is 0.104 e. The van der Waals surface area contributed by atoms with Crippen LogP contribution >= 0.6 is 11.8 Å². The molecule has 8 atom stereocenters. The summed E-state index contributed by atoms with van der Waals surface area (Å²) in [5, 5.41) is 0.751. The highest BCUT2D eigenvalue weighted by molar-refractivity contribution is 8.00. The molecule has 2 aliphatic heterocycles. The number of nitrogens with zero attached hydrogens (tertiary/aromatic N) is 1. The standard InChI is InChI=1S/C29H41NO2S/c1-27-10-7-22(33-16-14-30-12-3-4-13-30)17-21(27)5-6-24-23(27)8-11-28(2)25(20-9-15-31-19-20)18-26-29(24,28)32-26/h9,15,17,19,22-26H,3-8,10-14,16,18H2,1-2H3/t22?,23-,24-,25?,26?,27+,28-,29+/m1/s1.